The second-order valence-corrected chi connectivity index (χ2v) is 8.09. The molecule has 8 heteroatoms. The Labute approximate surface area is 194 Å². The summed E-state index contributed by atoms with van der Waals surface area (Å²) in [6, 6.07) is 8.01. The number of hydrogen-bond acceptors (Lipinski definition) is 5. The normalized spacial score (nSPS) is 15.1. The van der Waals surface area contributed by atoms with Gasteiger partial charge in [-0.25, -0.2) is 0 Å². The van der Waals surface area contributed by atoms with Crippen molar-refractivity contribution < 1.29 is 23.5 Å². The number of methoxy groups -OCH3 is 1. The zero-order valence-electron chi connectivity index (χ0n) is 18.6. The maximum absolute atomic E-state index is 13.6. The molecule has 1 aliphatic rings. The topological polar surface area (TPSA) is 81.0 Å². The van der Waals surface area contributed by atoms with Crippen LogP contribution in [0.15, 0.2) is 41.0 Å². The Kier molecular flexibility index (Phi) is 8.85. The highest BCUT2D eigenvalue weighted by molar-refractivity contribution is 6.27. The van der Waals surface area contributed by atoms with E-state index < -0.39 is 6.04 Å². The van der Waals surface area contributed by atoms with E-state index in [4.69, 9.17) is 25.5 Å². The molecule has 1 aromatic carbocycles. The van der Waals surface area contributed by atoms with Gasteiger partial charge in [-0.05, 0) is 49.6 Å². The Morgan fingerprint density at radius 3 is 2.62 bits per heavy atom. The van der Waals surface area contributed by atoms with Gasteiger partial charge in [0.05, 0.1) is 26.5 Å². The monoisotopic (exact) mass is 462 g/mol. The molecule has 0 spiro atoms. The Bertz CT molecular complexity index is 881. The van der Waals surface area contributed by atoms with E-state index in [2.05, 4.69) is 5.32 Å². The number of alkyl halides is 1. The number of hydrogen-bond donors (Lipinski definition) is 1. The molecular weight excluding hydrogens is 432 g/mol. The van der Waals surface area contributed by atoms with Crippen LogP contribution in [-0.2, 0) is 16.1 Å². The van der Waals surface area contributed by atoms with Crippen molar-refractivity contribution in [2.45, 2.75) is 57.7 Å². The quantitative estimate of drug-likeness (QED) is 0.528. The van der Waals surface area contributed by atoms with Crippen LogP contribution in [0.4, 0.5) is 0 Å². The Morgan fingerprint density at radius 2 is 2.00 bits per heavy atom. The second-order valence-electron chi connectivity index (χ2n) is 7.82. The number of furan rings is 1. The number of nitrogens with one attached hydrogen (secondary N) is 1. The molecule has 1 saturated carbocycles. The van der Waals surface area contributed by atoms with Crippen LogP contribution < -0.4 is 14.8 Å². The molecular formula is C24H31ClN2O5. The van der Waals surface area contributed by atoms with E-state index in [1.807, 2.05) is 6.92 Å². The first-order valence-corrected chi connectivity index (χ1v) is 11.6. The third kappa shape index (κ3) is 5.97. The first-order chi connectivity index (χ1) is 15.6. The van der Waals surface area contributed by atoms with Gasteiger partial charge in [0.1, 0.15) is 17.7 Å². The molecule has 1 aromatic heterocycles. The second kappa shape index (κ2) is 11.8. The summed E-state index contributed by atoms with van der Waals surface area (Å²) in [4.78, 5) is 27.9. The van der Waals surface area contributed by atoms with Crippen LogP contribution in [0.25, 0.3) is 0 Å². The number of nitrogens with zero attached hydrogens (tertiary/aromatic N) is 1. The van der Waals surface area contributed by atoms with Gasteiger partial charge in [0, 0.05) is 6.04 Å². The highest BCUT2D eigenvalue weighted by atomic mass is 35.5. The highest BCUT2D eigenvalue weighted by Crippen LogP contribution is 2.34. The standard InChI is InChI=1S/C24H31ClN2O5/c1-3-31-20-12-11-17(14-21(20)30-2)23(24(29)26-18-8-5-4-6-9-18)27(22(28)15-25)16-19-10-7-13-32-19/h7,10-14,18,23H,3-6,8-9,15-16H2,1-2H3,(H,26,29)/t23-/m1/s1. The Hall–Kier alpha value is -2.67. The van der Waals surface area contributed by atoms with E-state index in [-0.39, 0.29) is 30.3 Å². The Balaban J connectivity index is 1.98. The van der Waals surface area contributed by atoms with Crippen LogP contribution >= 0.6 is 11.6 Å². The molecule has 174 valence electrons. The fourth-order valence-corrected chi connectivity index (χ4v) is 4.25. The summed E-state index contributed by atoms with van der Waals surface area (Å²) < 4.78 is 16.6. The fraction of sp³-hybridized carbons (Fsp3) is 0.500. The van der Waals surface area contributed by atoms with Gasteiger partial charge in [-0.1, -0.05) is 25.3 Å². The van der Waals surface area contributed by atoms with Gasteiger partial charge in [-0.15, -0.1) is 11.6 Å². The largest absolute Gasteiger partial charge is 0.493 e. The van der Waals surface area contributed by atoms with Crippen LogP contribution in [0, 0.1) is 0 Å². The number of rotatable bonds is 10. The molecule has 0 saturated heterocycles. The third-order valence-electron chi connectivity index (χ3n) is 5.66. The number of amides is 2. The molecule has 0 bridgehead atoms. The lowest BCUT2D eigenvalue weighted by atomic mass is 9.94. The van der Waals surface area contributed by atoms with Crippen molar-refractivity contribution in [3.8, 4) is 11.5 Å². The van der Waals surface area contributed by atoms with Crippen molar-refractivity contribution in [2.24, 2.45) is 0 Å². The minimum Gasteiger partial charge on any atom is -0.493 e. The first-order valence-electron chi connectivity index (χ1n) is 11.1. The Morgan fingerprint density at radius 1 is 1.22 bits per heavy atom. The van der Waals surface area contributed by atoms with Gasteiger partial charge in [-0.3, -0.25) is 9.59 Å². The van der Waals surface area contributed by atoms with Crippen molar-refractivity contribution in [3.63, 3.8) is 0 Å². The lowest BCUT2D eigenvalue weighted by Crippen LogP contribution is -2.47. The maximum atomic E-state index is 13.6. The van der Waals surface area contributed by atoms with Crippen LogP contribution in [0.5, 0.6) is 11.5 Å². The van der Waals surface area contributed by atoms with E-state index in [0.29, 0.717) is 29.4 Å². The lowest BCUT2D eigenvalue weighted by Gasteiger charge is -2.33. The van der Waals surface area contributed by atoms with Crippen LogP contribution in [0.3, 0.4) is 0 Å². The number of carbonyl (C=O) groups is 2. The van der Waals surface area contributed by atoms with Crippen LogP contribution in [-0.4, -0.2) is 42.4 Å². The average Bonchev–Trinajstić information content (AvgIpc) is 3.33. The summed E-state index contributed by atoms with van der Waals surface area (Å²) in [5.41, 5.74) is 0.614. The molecule has 1 aliphatic carbocycles. The van der Waals surface area contributed by atoms with Crippen molar-refractivity contribution in [2.75, 3.05) is 19.6 Å². The smallest absolute Gasteiger partial charge is 0.247 e. The van der Waals surface area contributed by atoms with Gasteiger partial charge in [0.15, 0.2) is 11.5 Å². The van der Waals surface area contributed by atoms with Crippen molar-refractivity contribution in [3.05, 3.63) is 47.9 Å². The molecule has 1 fully saturated rings. The number of carbonyl (C=O) groups excluding carboxylic acids is 2. The maximum Gasteiger partial charge on any atom is 0.247 e. The van der Waals surface area contributed by atoms with Crippen molar-refractivity contribution >= 4 is 23.4 Å². The molecule has 0 unspecified atom stereocenters. The van der Waals surface area contributed by atoms with Gasteiger partial charge in [-0.2, -0.15) is 0 Å². The van der Waals surface area contributed by atoms with E-state index >= 15 is 0 Å². The molecule has 3 rings (SSSR count). The summed E-state index contributed by atoms with van der Waals surface area (Å²) >= 11 is 5.94. The molecule has 1 heterocycles. The van der Waals surface area contributed by atoms with E-state index in [1.165, 1.54) is 17.6 Å². The summed E-state index contributed by atoms with van der Waals surface area (Å²) in [6.07, 6.45) is 6.77. The molecule has 7 nitrogen and oxygen atoms in total. The predicted octanol–water partition coefficient (Wildman–Crippen LogP) is 4.44. The van der Waals surface area contributed by atoms with Crippen molar-refractivity contribution in [1.29, 1.82) is 0 Å². The first kappa shape index (κ1) is 24.0. The molecule has 0 aliphatic heterocycles. The van der Waals surface area contributed by atoms with E-state index in [9.17, 15) is 9.59 Å². The van der Waals surface area contributed by atoms with Gasteiger partial charge in [0.2, 0.25) is 11.8 Å². The molecule has 0 radical (unpaired) electrons. The zero-order chi connectivity index (χ0) is 22.9. The average molecular weight is 463 g/mol. The minimum atomic E-state index is -0.891. The van der Waals surface area contributed by atoms with Gasteiger partial charge in [0.25, 0.3) is 0 Å². The van der Waals surface area contributed by atoms with Crippen LogP contribution in [0.2, 0.25) is 0 Å². The zero-order valence-corrected chi connectivity index (χ0v) is 19.4. The third-order valence-corrected chi connectivity index (χ3v) is 5.88. The van der Waals surface area contributed by atoms with E-state index in [0.717, 1.165) is 25.7 Å². The summed E-state index contributed by atoms with van der Waals surface area (Å²) in [5.74, 6) is 0.787. The highest BCUT2D eigenvalue weighted by Gasteiger charge is 2.33. The van der Waals surface area contributed by atoms with Gasteiger partial charge >= 0.3 is 0 Å². The predicted molar refractivity (Wildman–Crippen MR) is 122 cm³/mol. The number of halogens is 1. The van der Waals surface area contributed by atoms with Crippen molar-refractivity contribution in [1.82, 2.24) is 10.2 Å². The summed E-state index contributed by atoms with van der Waals surface area (Å²) in [7, 11) is 1.54. The number of benzene rings is 1. The molecule has 2 aromatic rings. The van der Waals surface area contributed by atoms with Gasteiger partial charge < -0.3 is 24.1 Å². The summed E-state index contributed by atoms with van der Waals surface area (Å²) in [6.45, 7) is 2.49. The van der Waals surface area contributed by atoms with E-state index in [1.54, 1.807) is 37.4 Å². The molecule has 1 atom stereocenters. The minimum absolute atomic E-state index is 0.0971. The summed E-state index contributed by atoms with van der Waals surface area (Å²) in [5, 5.41) is 3.16. The lowest BCUT2D eigenvalue weighted by molar-refractivity contribution is -0.140. The van der Waals surface area contributed by atoms with Crippen LogP contribution in [0.1, 0.15) is 56.4 Å². The molecule has 1 N–H and O–H groups in total. The SMILES string of the molecule is CCOc1ccc([C@H](C(=O)NC2CCCCC2)N(Cc2ccco2)C(=O)CCl)cc1OC. The fourth-order valence-electron chi connectivity index (χ4n) is 4.10. The number of ether oxygens (including phenoxy) is 2. The molecule has 2 amide bonds. The molecule has 32 heavy (non-hydrogen) atoms.